The molecule has 19 heavy (non-hydrogen) atoms. The predicted molar refractivity (Wildman–Crippen MR) is 73.1 cm³/mol. The van der Waals surface area contributed by atoms with Gasteiger partial charge in [0.2, 0.25) is 5.91 Å². The molecular formula is C15H21NO3. The van der Waals surface area contributed by atoms with E-state index in [9.17, 15) is 9.90 Å². The highest BCUT2D eigenvalue weighted by molar-refractivity contribution is 5.79. The molecule has 4 nitrogen and oxygen atoms in total. The Kier molecular flexibility index (Phi) is 4.43. The van der Waals surface area contributed by atoms with Gasteiger partial charge < -0.3 is 14.7 Å². The molecule has 1 fully saturated rings. The molecule has 4 heteroatoms. The fourth-order valence-corrected chi connectivity index (χ4v) is 2.16. The monoisotopic (exact) mass is 263 g/mol. The van der Waals surface area contributed by atoms with Crippen molar-refractivity contribution in [1.82, 2.24) is 4.90 Å². The number of ether oxygens (including phenoxy) is 1. The van der Waals surface area contributed by atoms with Crippen LogP contribution in [0.2, 0.25) is 0 Å². The molecule has 0 heterocycles. The first-order chi connectivity index (χ1) is 9.11. The Bertz CT molecular complexity index is 443. The van der Waals surface area contributed by atoms with Crippen molar-refractivity contribution in [1.29, 1.82) is 0 Å². The van der Waals surface area contributed by atoms with E-state index in [4.69, 9.17) is 4.74 Å². The number of hydrogen-bond donors (Lipinski definition) is 1. The molecule has 1 atom stereocenters. The summed E-state index contributed by atoms with van der Waals surface area (Å²) in [6, 6.07) is 7.51. The molecule has 1 N–H and O–H groups in total. The van der Waals surface area contributed by atoms with Gasteiger partial charge in [0.05, 0.1) is 19.6 Å². The average molecular weight is 263 g/mol. The van der Waals surface area contributed by atoms with E-state index in [1.165, 1.54) is 0 Å². The number of nitrogens with zero attached hydrogens (tertiary/aromatic N) is 1. The largest absolute Gasteiger partial charge is 0.496 e. The molecule has 1 aliphatic carbocycles. The third-order valence-corrected chi connectivity index (χ3v) is 3.59. The Morgan fingerprint density at radius 2 is 2.16 bits per heavy atom. The third kappa shape index (κ3) is 3.70. The quantitative estimate of drug-likeness (QED) is 0.845. The third-order valence-electron chi connectivity index (χ3n) is 3.59. The maximum absolute atomic E-state index is 12.1. The number of benzene rings is 1. The van der Waals surface area contributed by atoms with E-state index in [0.717, 1.165) is 24.2 Å². The fourth-order valence-electron chi connectivity index (χ4n) is 2.16. The van der Waals surface area contributed by atoms with Gasteiger partial charge >= 0.3 is 0 Å². The Morgan fingerprint density at radius 3 is 2.79 bits per heavy atom. The van der Waals surface area contributed by atoms with Gasteiger partial charge in [-0.3, -0.25) is 4.79 Å². The van der Waals surface area contributed by atoms with E-state index in [1.54, 1.807) is 19.1 Å². The fraction of sp³-hybridized carbons (Fsp3) is 0.533. The van der Waals surface area contributed by atoms with Crippen LogP contribution >= 0.6 is 0 Å². The van der Waals surface area contributed by atoms with Crippen LogP contribution in [0.4, 0.5) is 0 Å². The summed E-state index contributed by atoms with van der Waals surface area (Å²) >= 11 is 0. The number of methoxy groups -OCH3 is 1. The summed E-state index contributed by atoms with van der Waals surface area (Å²) in [5, 5.41) is 9.86. The van der Waals surface area contributed by atoms with E-state index >= 15 is 0 Å². The number of likely N-dealkylation sites (N-methyl/N-ethyl adjacent to an activating group) is 1. The van der Waals surface area contributed by atoms with Crippen LogP contribution < -0.4 is 4.74 Å². The van der Waals surface area contributed by atoms with Crippen molar-refractivity contribution in [2.45, 2.75) is 25.4 Å². The summed E-state index contributed by atoms with van der Waals surface area (Å²) in [6.07, 6.45) is 2.08. The molecular weight excluding hydrogens is 242 g/mol. The zero-order valence-corrected chi connectivity index (χ0v) is 11.5. The lowest BCUT2D eigenvalue weighted by Gasteiger charge is -2.21. The van der Waals surface area contributed by atoms with Crippen LogP contribution in [0.15, 0.2) is 24.3 Å². The molecule has 0 bridgehead atoms. The van der Waals surface area contributed by atoms with E-state index in [1.807, 2.05) is 24.3 Å². The maximum atomic E-state index is 12.1. The SMILES string of the molecule is COc1ccccc1CC(=O)N(C)CC(O)C1CC1. The van der Waals surface area contributed by atoms with Crippen LogP contribution in [0.1, 0.15) is 18.4 Å². The first kappa shape index (κ1) is 13.9. The van der Waals surface area contributed by atoms with E-state index in [0.29, 0.717) is 18.9 Å². The van der Waals surface area contributed by atoms with Crippen LogP contribution in [0.3, 0.4) is 0 Å². The second kappa shape index (κ2) is 6.06. The van der Waals surface area contributed by atoms with Gasteiger partial charge in [-0.2, -0.15) is 0 Å². The number of rotatable bonds is 6. The molecule has 1 aromatic carbocycles. The standard InChI is InChI=1S/C15H21NO3/c1-16(10-13(17)11-7-8-11)15(18)9-12-5-3-4-6-14(12)19-2/h3-6,11,13,17H,7-10H2,1-2H3. The van der Waals surface area contributed by atoms with Gasteiger partial charge in [0.1, 0.15) is 5.75 Å². The zero-order valence-electron chi connectivity index (χ0n) is 11.5. The summed E-state index contributed by atoms with van der Waals surface area (Å²) in [6.45, 7) is 0.415. The number of hydrogen-bond acceptors (Lipinski definition) is 3. The predicted octanol–water partition coefficient (Wildman–Crippen LogP) is 1.47. The lowest BCUT2D eigenvalue weighted by Crippen LogP contribution is -2.36. The molecule has 1 aromatic rings. The minimum atomic E-state index is -0.383. The van der Waals surface area contributed by atoms with Crippen LogP contribution in [0.5, 0.6) is 5.75 Å². The molecule has 0 spiro atoms. The van der Waals surface area contributed by atoms with E-state index in [2.05, 4.69) is 0 Å². The van der Waals surface area contributed by atoms with Gasteiger partial charge in [0.25, 0.3) is 0 Å². The number of aliphatic hydroxyl groups excluding tert-OH is 1. The topological polar surface area (TPSA) is 49.8 Å². The highest BCUT2D eigenvalue weighted by atomic mass is 16.5. The summed E-state index contributed by atoms with van der Waals surface area (Å²) in [5.41, 5.74) is 0.878. The lowest BCUT2D eigenvalue weighted by atomic mass is 10.1. The Hall–Kier alpha value is -1.55. The lowest BCUT2D eigenvalue weighted by molar-refractivity contribution is -0.130. The minimum Gasteiger partial charge on any atom is -0.496 e. The molecule has 0 saturated heterocycles. The van der Waals surface area contributed by atoms with Gasteiger partial charge in [-0.05, 0) is 24.8 Å². The second-order valence-electron chi connectivity index (χ2n) is 5.17. The number of para-hydroxylation sites is 1. The number of aliphatic hydroxyl groups is 1. The highest BCUT2D eigenvalue weighted by Crippen LogP contribution is 2.32. The molecule has 0 radical (unpaired) electrons. The van der Waals surface area contributed by atoms with Gasteiger partial charge in [-0.25, -0.2) is 0 Å². The van der Waals surface area contributed by atoms with Crippen molar-refractivity contribution in [3.8, 4) is 5.75 Å². The van der Waals surface area contributed by atoms with E-state index in [-0.39, 0.29) is 12.0 Å². The summed E-state index contributed by atoms with van der Waals surface area (Å²) < 4.78 is 5.24. The molecule has 1 unspecified atom stereocenters. The van der Waals surface area contributed by atoms with Crippen LogP contribution in [-0.4, -0.2) is 42.7 Å². The minimum absolute atomic E-state index is 0.00389. The first-order valence-corrected chi connectivity index (χ1v) is 6.65. The summed E-state index contributed by atoms with van der Waals surface area (Å²) in [7, 11) is 3.34. The van der Waals surface area contributed by atoms with Gasteiger partial charge in [0.15, 0.2) is 0 Å². The van der Waals surface area contributed by atoms with Gasteiger partial charge in [-0.15, -0.1) is 0 Å². The van der Waals surface area contributed by atoms with Crippen molar-refractivity contribution in [3.63, 3.8) is 0 Å². The van der Waals surface area contributed by atoms with Crippen LogP contribution in [-0.2, 0) is 11.2 Å². The Labute approximate surface area is 114 Å². The number of carbonyl (C=O) groups excluding carboxylic acids is 1. The van der Waals surface area contributed by atoms with Crippen molar-refractivity contribution in [2.24, 2.45) is 5.92 Å². The van der Waals surface area contributed by atoms with Crippen LogP contribution in [0.25, 0.3) is 0 Å². The van der Waals surface area contributed by atoms with Crippen molar-refractivity contribution in [2.75, 3.05) is 20.7 Å². The average Bonchev–Trinajstić information content (AvgIpc) is 3.23. The molecule has 1 amide bonds. The second-order valence-corrected chi connectivity index (χ2v) is 5.17. The number of amides is 1. The normalized spacial score (nSPS) is 15.9. The molecule has 1 saturated carbocycles. The maximum Gasteiger partial charge on any atom is 0.226 e. The number of carbonyl (C=O) groups is 1. The zero-order chi connectivity index (χ0) is 13.8. The summed E-state index contributed by atoms with van der Waals surface area (Å²) in [5.74, 6) is 1.12. The van der Waals surface area contributed by atoms with Crippen molar-refractivity contribution >= 4 is 5.91 Å². The Balaban J connectivity index is 1.92. The smallest absolute Gasteiger partial charge is 0.226 e. The molecule has 2 rings (SSSR count). The van der Waals surface area contributed by atoms with E-state index < -0.39 is 0 Å². The molecule has 0 aliphatic heterocycles. The molecule has 0 aromatic heterocycles. The van der Waals surface area contributed by atoms with Gasteiger partial charge in [-0.1, -0.05) is 18.2 Å². The summed E-state index contributed by atoms with van der Waals surface area (Å²) in [4.78, 5) is 13.7. The first-order valence-electron chi connectivity index (χ1n) is 6.65. The van der Waals surface area contributed by atoms with Crippen molar-refractivity contribution < 1.29 is 14.6 Å². The molecule has 104 valence electrons. The van der Waals surface area contributed by atoms with Gasteiger partial charge in [0, 0.05) is 19.2 Å². The Morgan fingerprint density at radius 1 is 1.47 bits per heavy atom. The highest BCUT2D eigenvalue weighted by Gasteiger charge is 2.31. The van der Waals surface area contributed by atoms with Crippen LogP contribution in [0, 0.1) is 5.92 Å². The van der Waals surface area contributed by atoms with Crippen molar-refractivity contribution in [3.05, 3.63) is 29.8 Å². The molecule has 1 aliphatic rings.